The summed E-state index contributed by atoms with van der Waals surface area (Å²) in [6, 6.07) is 3.15. The number of aryl methyl sites for hydroxylation is 1. The number of likely N-dealkylation sites (tertiary alicyclic amines) is 1. The number of primary amides is 1. The summed E-state index contributed by atoms with van der Waals surface area (Å²) in [5, 5.41) is 4.85. The van der Waals surface area contributed by atoms with Crippen molar-refractivity contribution in [1.82, 2.24) is 19.7 Å². The van der Waals surface area contributed by atoms with Crippen molar-refractivity contribution in [3.63, 3.8) is 0 Å². The maximum Gasteiger partial charge on any atom is 0.319 e. The number of hydrogen-bond acceptors (Lipinski definition) is 4. The maximum atomic E-state index is 13.9. The van der Waals surface area contributed by atoms with Crippen molar-refractivity contribution in [2.45, 2.75) is 18.5 Å². The Kier molecular flexibility index (Phi) is 6.95. The van der Waals surface area contributed by atoms with Crippen LogP contribution in [0.1, 0.15) is 16.9 Å². The third-order valence-corrected chi connectivity index (χ3v) is 5.34. The number of halogens is 2. The molecule has 1 saturated heterocycles. The monoisotopic (exact) mass is 462 g/mol. The predicted octanol–water partition coefficient (Wildman–Crippen LogP) is 0.652. The topological polar surface area (TPSA) is 130 Å². The van der Waals surface area contributed by atoms with E-state index in [0.717, 1.165) is 17.0 Å². The third kappa shape index (κ3) is 5.27. The van der Waals surface area contributed by atoms with Crippen LogP contribution in [-0.4, -0.2) is 70.3 Å². The van der Waals surface area contributed by atoms with E-state index in [-0.39, 0.29) is 25.2 Å². The number of nitrogens with two attached hydrogens (primary N) is 1. The van der Waals surface area contributed by atoms with E-state index < -0.39 is 47.5 Å². The second kappa shape index (κ2) is 9.67. The molecular formula is C21H24F2N6O4. The molecule has 2 atom stereocenters. The van der Waals surface area contributed by atoms with Crippen LogP contribution in [0.2, 0.25) is 0 Å². The quantitative estimate of drug-likeness (QED) is 0.582. The largest absolute Gasteiger partial charge is 0.368 e. The first-order valence-electron chi connectivity index (χ1n) is 10.1. The van der Waals surface area contributed by atoms with Crippen LogP contribution in [0, 0.1) is 11.6 Å². The first kappa shape index (κ1) is 23.7. The van der Waals surface area contributed by atoms with Crippen LogP contribution in [0.4, 0.5) is 19.3 Å². The third-order valence-electron chi connectivity index (χ3n) is 5.34. The molecule has 2 aromatic rings. The molecule has 0 bridgehead atoms. The molecule has 176 valence electrons. The van der Waals surface area contributed by atoms with Crippen molar-refractivity contribution in [3.8, 4) is 0 Å². The van der Waals surface area contributed by atoms with E-state index in [4.69, 9.17) is 5.73 Å². The molecule has 10 nitrogen and oxygen atoms in total. The van der Waals surface area contributed by atoms with Gasteiger partial charge in [0.1, 0.15) is 23.4 Å². The number of carbonyl (C=O) groups excluding carboxylic acids is 4. The van der Waals surface area contributed by atoms with Gasteiger partial charge < -0.3 is 30.7 Å². The number of hydrogen-bond donors (Lipinski definition) is 3. The molecule has 12 heteroatoms. The van der Waals surface area contributed by atoms with E-state index in [2.05, 4.69) is 10.6 Å². The number of carbonyl (C=O) groups is 4. The van der Waals surface area contributed by atoms with E-state index in [9.17, 15) is 28.0 Å². The highest BCUT2D eigenvalue weighted by molar-refractivity contribution is 5.98. The Morgan fingerprint density at radius 2 is 1.94 bits per heavy atom. The molecule has 1 aromatic heterocycles. The number of benzene rings is 1. The van der Waals surface area contributed by atoms with Gasteiger partial charge in [-0.05, 0) is 30.7 Å². The molecule has 0 spiro atoms. The lowest BCUT2D eigenvalue weighted by Crippen LogP contribution is -2.56. The molecular weight excluding hydrogens is 438 g/mol. The van der Waals surface area contributed by atoms with Crippen LogP contribution < -0.4 is 16.4 Å². The molecule has 1 aromatic carbocycles. The Balaban J connectivity index is 1.82. The van der Waals surface area contributed by atoms with Gasteiger partial charge in [-0.2, -0.15) is 0 Å². The number of nitrogens with zero attached hydrogens (tertiary/aromatic N) is 3. The van der Waals surface area contributed by atoms with Gasteiger partial charge in [0.2, 0.25) is 11.8 Å². The lowest BCUT2D eigenvalue weighted by molar-refractivity contribution is -0.137. The first-order chi connectivity index (χ1) is 15.6. The first-order valence-corrected chi connectivity index (χ1v) is 10.1. The average molecular weight is 462 g/mol. The summed E-state index contributed by atoms with van der Waals surface area (Å²) in [5.41, 5.74) is 5.27. The molecule has 1 aliphatic rings. The van der Waals surface area contributed by atoms with Crippen LogP contribution in [0.25, 0.3) is 0 Å². The van der Waals surface area contributed by atoms with Crippen LogP contribution in [0.3, 0.4) is 0 Å². The van der Waals surface area contributed by atoms with E-state index >= 15 is 0 Å². The van der Waals surface area contributed by atoms with Gasteiger partial charge >= 0.3 is 6.03 Å². The lowest BCUT2D eigenvalue weighted by atomic mass is 10.1. The molecule has 3 rings (SSSR count). The van der Waals surface area contributed by atoms with Gasteiger partial charge in [0.05, 0.1) is 18.3 Å². The van der Waals surface area contributed by atoms with Crippen molar-refractivity contribution in [3.05, 3.63) is 53.9 Å². The Morgan fingerprint density at radius 3 is 2.55 bits per heavy atom. The molecule has 4 N–H and O–H groups in total. The summed E-state index contributed by atoms with van der Waals surface area (Å²) in [4.78, 5) is 52.4. The minimum atomic E-state index is -1.12. The van der Waals surface area contributed by atoms with Crippen molar-refractivity contribution < 1.29 is 28.0 Å². The average Bonchev–Trinajstić information content (AvgIpc) is 3.34. The maximum absolute atomic E-state index is 13.9. The van der Waals surface area contributed by atoms with E-state index in [1.54, 1.807) is 29.9 Å². The van der Waals surface area contributed by atoms with Crippen LogP contribution >= 0.6 is 0 Å². The van der Waals surface area contributed by atoms with Crippen molar-refractivity contribution in [2.24, 2.45) is 12.8 Å². The van der Waals surface area contributed by atoms with Gasteiger partial charge in [-0.25, -0.2) is 13.6 Å². The highest BCUT2D eigenvalue weighted by Crippen LogP contribution is 2.23. The van der Waals surface area contributed by atoms with Crippen molar-refractivity contribution in [2.75, 3.05) is 25.5 Å². The second-order valence-electron chi connectivity index (χ2n) is 7.73. The fourth-order valence-corrected chi connectivity index (χ4v) is 3.76. The normalized spacial score (nSPS) is 17.5. The fourth-order valence-electron chi connectivity index (χ4n) is 3.76. The summed E-state index contributed by atoms with van der Waals surface area (Å²) < 4.78 is 28.6. The standard InChI is InChI=1S/C21H24F2N6O4/c1-27-8-3-4-16(27)19(31)29-9-7-15(18(29)20(32)28(2)11-17(24)30)26-21(33)25-14-6-5-12(22)10-13(14)23/h3-6,8,10,15,18H,7,9,11H2,1-2H3,(H2,24,30)(H2,25,26,33)/t15-,18-/m0/s1. The number of urea groups is 1. The molecule has 0 unspecified atom stereocenters. The van der Waals surface area contributed by atoms with E-state index in [1.807, 2.05) is 0 Å². The Morgan fingerprint density at radius 1 is 1.21 bits per heavy atom. The van der Waals surface area contributed by atoms with Crippen LogP contribution in [-0.2, 0) is 16.6 Å². The summed E-state index contributed by atoms with van der Waals surface area (Å²) in [6.45, 7) is -0.220. The van der Waals surface area contributed by atoms with Crippen LogP contribution in [0.15, 0.2) is 36.5 Å². The number of nitrogens with one attached hydrogen (secondary N) is 2. The fraction of sp³-hybridized carbons (Fsp3) is 0.333. The van der Waals surface area contributed by atoms with Gasteiger partial charge in [0.15, 0.2) is 0 Å². The highest BCUT2D eigenvalue weighted by Gasteiger charge is 2.44. The minimum absolute atomic E-state index is 0.153. The Bertz CT molecular complexity index is 1090. The van der Waals surface area contributed by atoms with Gasteiger partial charge in [-0.15, -0.1) is 0 Å². The summed E-state index contributed by atoms with van der Waals surface area (Å²) in [5.74, 6) is -3.52. The van der Waals surface area contributed by atoms with Gasteiger partial charge in [-0.1, -0.05) is 0 Å². The predicted molar refractivity (Wildman–Crippen MR) is 114 cm³/mol. The summed E-state index contributed by atoms with van der Waals surface area (Å²) in [6.07, 6.45) is 1.91. The van der Waals surface area contributed by atoms with E-state index in [1.165, 1.54) is 11.9 Å². The van der Waals surface area contributed by atoms with Crippen molar-refractivity contribution in [1.29, 1.82) is 0 Å². The summed E-state index contributed by atoms with van der Waals surface area (Å²) >= 11 is 0. The Hall–Kier alpha value is -3.96. The molecule has 1 fully saturated rings. The van der Waals surface area contributed by atoms with Crippen LogP contribution in [0.5, 0.6) is 0 Å². The minimum Gasteiger partial charge on any atom is -0.368 e. The molecule has 2 heterocycles. The zero-order valence-corrected chi connectivity index (χ0v) is 18.0. The highest BCUT2D eigenvalue weighted by atomic mass is 19.1. The lowest BCUT2D eigenvalue weighted by Gasteiger charge is -2.31. The molecule has 0 aliphatic carbocycles. The van der Waals surface area contributed by atoms with Gasteiger partial charge in [0.25, 0.3) is 5.91 Å². The number of amides is 5. The zero-order valence-electron chi connectivity index (χ0n) is 18.0. The van der Waals surface area contributed by atoms with Crippen molar-refractivity contribution >= 4 is 29.4 Å². The van der Waals surface area contributed by atoms with E-state index in [0.29, 0.717) is 11.8 Å². The number of aromatic nitrogens is 1. The molecule has 33 heavy (non-hydrogen) atoms. The number of anilines is 1. The number of likely N-dealkylation sites (N-methyl/N-ethyl adjacent to an activating group) is 1. The summed E-state index contributed by atoms with van der Waals surface area (Å²) in [7, 11) is 3.04. The zero-order chi connectivity index (χ0) is 24.3. The molecule has 5 amide bonds. The molecule has 0 radical (unpaired) electrons. The molecule has 1 aliphatic heterocycles. The smallest absolute Gasteiger partial charge is 0.319 e. The second-order valence-corrected chi connectivity index (χ2v) is 7.73. The SMILES string of the molecule is CN(CC(N)=O)C(=O)[C@@H]1[C@@H](NC(=O)Nc2ccc(F)cc2F)CCN1C(=O)c1cccn1C. The van der Waals surface area contributed by atoms with Gasteiger partial charge in [0, 0.05) is 32.9 Å². The molecule has 0 saturated carbocycles. The van der Waals surface area contributed by atoms with Gasteiger partial charge in [-0.3, -0.25) is 14.4 Å². The number of rotatable bonds is 6. The Labute approximate surface area is 188 Å².